The van der Waals surface area contributed by atoms with Crippen LogP contribution in [0.3, 0.4) is 0 Å². The Morgan fingerprint density at radius 1 is 1.00 bits per heavy atom. The fourth-order valence-corrected chi connectivity index (χ4v) is 5.25. The molecule has 0 heterocycles. The van der Waals surface area contributed by atoms with Crippen molar-refractivity contribution < 1.29 is 8.42 Å². The quantitative estimate of drug-likeness (QED) is 0.700. The lowest BCUT2D eigenvalue weighted by molar-refractivity contribution is 0.185. The Kier molecular flexibility index (Phi) is 6.79. The van der Waals surface area contributed by atoms with Crippen LogP contribution in [0, 0.1) is 0 Å². The molecule has 6 heteroatoms. The lowest BCUT2D eigenvalue weighted by atomic mass is 9.94. The lowest BCUT2D eigenvalue weighted by Gasteiger charge is -2.31. The van der Waals surface area contributed by atoms with Crippen LogP contribution >= 0.6 is 11.6 Å². The van der Waals surface area contributed by atoms with Crippen LogP contribution < -0.4 is 4.72 Å². The van der Waals surface area contributed by atoms with E-state index in [1.54, 1.807) is 24.3 Å². The van der Waals surface area contributed by atoms with Crippen LogP contribution in [0.1, 0.15) is 43.2 Å². The third-order valence-corrected chi connectivity index (χ3v) is 6.79. The minimum Gasteiger partial charge on any atom is -0.299 e. The molecular weight excluding hydrogens is 380 g/mol. The van der Waals surface area contributed by atoms with Gasteiger partial charge in [0.05, 0.1) is 11.4 Å². The number of sulfonamides is 1. The van der Waals surface area contributed by atoms with E-state index in [4.69, 9.17) is 11.6 Å². The van der Waals surface area contributed by atoms with Crippen molar-refractivity contribution in [2.75, 3.05) is 11.8 Å². The highest BCUT2D eigenvalue weighted by Crippen LogP contribution is 2.26. The maximum absolute atomic E-state index is 12.7. The van der Waals surface area contributed by atoms with Crippen molar-refractivity contribution in [1.29, 1.82) is 0 Å². The van der Waals surface area contributed by atoms with E-state index in [1.807, 2.05) is 24.3 Å². The summed E-state index contributed by atoms with van der Waals surface area (Å²) in [5.74, 6) is -0.139. The zero-order valence-corrected chi connectivity index (χ0v) is 17.3. The summed E-state index contributed by atoms with van der Waals surface area (Å²) in [5, 5.41) is 0.466. The molecule has 2 aromatic carbocycles. The highest BCUT2D eigenvalue weighted by atomic mass is 35.5. The van der Waals surface area contributed by atoms with E-state index in [1.165, 1.54) is 32.1 Å². The number of anilines is 1. The van der Waals surface area contributed by atoms with Gasteiger partial charge < -0.3 is 0 Å². The molecule has 0 bridgehead atoms. The van der Waals surface area contributed by atoms with Crippen molar-refractivity contribution in [3.05, 3.63) is 64.7 Å². The molecule has 1 fully saturated rings. The van der Waals surface area contributed by atoms with E-state index in [9.17, 15) is 8.42 Å². The molecule has 0 amide bonds. The van der Waals surface area contributed by atoms with Crippen LogP contribution in [0.25, 0.3) is 0 Å². The van der Waals surface area contributed by atoms with Gasteiger partial charge in [0.2, 0.25) is 10.0 Å². The van der Waals surface area contributed by atoms with Crippen molar-refractivity contribution in [2.24, 2.45) is 0 Å². The molecule has 0 radical (unpaired) electrons. The summed E-state index contributed by atoms with van der Waals surface area (Å²) in [6, 6.07) is 15.2. The van der Waals surface area contributed by atoms with Crippen molar-refractivity contribution in [3.63, 3.8) is 0 Å². The van der Waals surface area contributed by atoms with Crippen LogP contribution in [0.4, 0.5) is 5.69 Å². The Balaban J connectivity index is 1.72. The number of hydrogen-bond donors (Lipinski definition) is 1. The molecule has 2 aromatic rings. The van der Waals surface area contributed by atoms with Gasteiger partial charge in [-0.2, -0.15) is 0 Å². The van der Waals surface area contributed by atoms with Crippen molar-refractivity contribution in [2.45, 2.75) is 50.4 Å². The molecule has 0 unspecified atom stereocenters. The maximum atomic E-state index is 12.7. The van der Waals surface area contributed by atoms with Crippen LogP contribution in [-0.4, -0.2) is 26.4 Å². The van der Waals surface area contributed by atoms with Gasteiger partial charge in [-0.25, -0.2) is 8.42 Å². The molecule has 0 atom stereocenters. The van der Waals surface area contributed by atoms with Crippen LogP contribution in [0.5, 0.6) is 0 Å². The average molecular weight is 407 g/mol. The van der Waals surface area contributed by atoms with Gasteiger partial charge in [0.25, 0.3) is 0 Å². The largest absolute Gasteiger partial charge is 0.299 e. The minimum atomic E-state index is -3.55. The molecule has 1 N–H and O–H groups in total. The number of rotatable bonds is 7. The van der Waals surface area contributed by atoms with Gasteiger partial charge in [-0.15, -0.1) is 0 Å². The smallest absolute Gasteiger partial charge is 0.236 e. The summed E-state index contributed by atoms with van der Waals surface area (Å²) in [6.45, 7) is 0.732. The van der Waals surface area contributed by atoms with Crippen molar-refractivity contribution in [3.8, 4) is 0 Å². The van der Waals surface area contributed by atoms with E-state index in [0.717, 1.165) is 12.1 Å². The van der Waals surface area contributed by atoms with E-state index in [-0.39, 0.29) is 5.75 Å². The number of benzene rings is 2. The van der Waals surface area contributed by atoms with Crippen LogP contribution in [-0.2, 0) is 22.3 Å². The first-order valence-electron chi connectivity index (χ1n) is 9.47. The molecule has 0 spiro atoms. The first-order chi connectivity index (χ1) is 12.9. The zero-order chi connectivity index (χ0) is 19.3. The Morgan fingerprint density at radius 2 is 1.63 bits per heavy atom. The summed E-state index contributed by atoms with van der Waals surface area (Å²) in [6.07, 6.45) is 6.32. The predicted molar refractivity (Wildman–Crippen MR) is 112 cm³/mol. The minimum absolute atomic E-state index is 0.139. The second-order valence-electron chi connectivity index (χ2n) is 7.32. The Hall–Kier alpha value is -1.56. The number of halogens is 1. The van der Waals surface area contributed by atoms with Crippen LogP contribution in [0.15, 0.2) is 48.5 Å². The third kappa shape index (κ3) is 5.71. The van der Waals surface area contributed by atoms with Gasteiger partial charge in [0.1, 0.15) is 0 Å². The second-order valence-corrected chi connectivity index (χ2v) is 9.45. The highest BCUT2D eigenvalue weighted by molar-refractivity contribution is 7.91. The first-order valence-corrected chi connectivity index (χ1v) is 11.5. The molecular formula is C21H27ClN2O2S. The van der Waals surface area contributed by atoms with Gasteiger partial charge in [-0.3, -0.25) is 9.62 Å². The summed E-state index contributed by atoms with van der Waals surface area (Å²) in [7, 11) is -1.42. The zero-order valence-electron chi connectivity index (χ0n) is 15.7. The lowest BCUT2D eigenvalue weighted by Crippen LogP contribution is -2.33. The van der Waals surface area contributed by atoms with E-state index < -0.39 is 10.0 Å². The monoisotopic (exact) mass is 406 g/mol. The molecule has 1 aliphatic carbocycles. The molecule has 0 saturated heterocycles. The van der Waals surface area contributed by atoms with E-state index in [2.05, 4.69) is 16.7 Å². The van der Waals surface area contributed by atoms with Gasteiger partial charge in [-0.1, -0.05) is 67.3 Å². The summed E-state index contributed by atoms with van der Waals surface area (Å²) in [4.78, 5) is 2.35. The topological polar surface area (TPSA) is 49.4 Å². The van der Waals surface area contributed by atoms with Crippen LogP contribution in [0.2, 0.25) is 5.02 Å². The number of nitrogens with one attached hydrogen (secondary N) is 1. The first kappa shape index (κ1) is 20.2. The fraction of sp³-hybridized carbons (Fsp3) is 0.429. The van der Waals surface area contributed by atoms with E-state index >= 15 is 0 Å². The summed E-state index contributed by atoms with van der Waals surface area (Å²) < 4.78 is 28.1. The molecule has 4 nitrogen and oxygen atoms in total. The van der Waals surface area contributed by atoms with Gasteiger partial charge in [-0.05, 0) is 43.1 Å². The molecule has 146 valence electrons. The van der Waals surface area contributed by atoms with Gasteiger partial charge in [0.15, 0.2) is 0 Å². The average Bonchev–Trinajstić information content (AvgIpc) is 2.65. The predicted octanol–water partition coefficient (Wildman–Crippen LogP) is 5.05. The fourth-order valence-electron chi connectivity index (χ4n) is 3.70. The Labute approximate surface area is 167 Å². The van der Waals surface area contributed by atoms with Gasteiger partial charge >= 0.3 is 0 Å². The maximum Gasteiger partial charge on any atom is 0.236 e. The third-order valence-electron chi connectivity index (χ3n) is 5.20. The number of nitrogens with zero attached hydrogens (tertiary/aromatic N) is 1. The number of hydrogen-bond acceptors (Lipinski definition) is 3. The van der Waals surface area contributed by atoms with Crippen molar-refractivity contribution in [1.82, 2.24) is 4.90 Å². The standard InChI is InChI=1S/C21H27ClN2O2S/c1-24(19-11-3-2-4-12-19)15-17-9-6-8-14-21(17)23-27(25,26)16-18-10-5-7-13-20(18)22/h5-10,13-14,19,23H,2-4,11-12,15-16H2,1H3. The summed E-state index contributed by atoms with van der Waals surface area (Å²) >= 11 is 6.12. The van der Waals surface area contributed by atoms with Gasteiger partial charge in [0, 0.05) is 17.6 Å². The SMILES string of the molecule is CN(Cc1ccccc1NS(=O)(=O)Cc1ccccc1Cl)C1CCCCC1. The molecule has 1 aliphatic rings. The molecule has 0 aromatic heterocycles. The summed E-state index contributed by atoms with van der Waals surface area (Å²) in [5.41, 5.74) is 2.24. The molecule has 3 rings (SSSR count). The normalized spacial score (nSPS) is 15.8. The highest BCUT2D eigenvalue weighted by Gasteiger charge is 2.20. The molecule has 0 aliphatic heterocycles. The number of para-hydroxylation sites is 1. The van der Waals surface area contributed by atoms with E-state index in [0.29, 0.717) is 22.3 Å². The molecule has 27 heavy (non-hydrogen) atoms. The Morgan fingerprint density at radius 3 is 2.33 bits per heavy atom. The second kappa shape index (κ2) is 9.09. The van der Waals surface area contributed by atoms with Crippen molar-refractivity contribution >= 4 is 27.3 Å². The Bertz CT molecular complexity index is 864. The molecule has 1 saturated carbocycles.